The quantitative estimate of drug-likeness (QED) is 0.769. The molecule has 24 heavy (non-hydrogen) atoms. The highest BCUT2D eigenvalue weighted by Crippen LogP contribution is 2.26. The van der Waals surface area contributed by atoms with Gasteiger partial charge in [-0.2, -0.15) is 0 Å². The number of amides is 2. The lowest BCUT2D eigenvalue weighted by Crippen LogP contribution is -2.46. The van der Waals surface area contributed by atoms with Crippen molar-refractivity contribution >= 4 is 17.5 Å². The molecule has 5 heteroatoms. The molecule has 2 N–H and O–H groups in total. The van der Waals surface area contributed by atoms with Crippen molar-refractivity contribution in [1.82, 2.24) is 10.2 Å². The first-order chi connectivity index (χ1) is 11.3. The minimum absolute atomic E-state index is 0.0767. The summed E-state index contributed by atoms with van der Waals surface area (Å²) in [4.78, 5) is 26.1. The molecule has 0 saturated carbocycles. The van der Waals surface area contributed by atoms with Crippen LogP contribution in [-0.4, -0.2) is 42.4 Å². The SMILES string of the molecule is CC[C@@H](C)c1ccccc1NC(=O)[C@H](C)N(C)CC(=O)NC(C)C. The highest BCUT2D eigenvalue weighted by Gasteiger charge is 2.21. The number of para-hydroxylation sites is 1. The lowest BCUT2D eigenvalue weighted by Gasteiger charge is -2.25. The molecule has 1 aromatic rings. The molecule has 0 radical (unpaired) electrons. The predicted octanol–water partition coefficient (Wildman–Crippen LogP) is 2.98. The lowest BCUT2D eigenvalue weighted by atomic mass is 9.97. The van der Waals surface area contributed by atoms with Gasteiger partial charge >= 0.3 is 0 Å². The van der Waals surface area contributed by atoms with Crippen LogP contribution in [0.5, 0.6) is 0 Å². The van der Waals surface area contributed by atoms with E-state index in [-0.39, 0.29) is 24.4 Å². The molecule has 5 nitrogen and oxygen atoms in total. The highest BCUT2D eigenvalue weighted by molar-refractivity contribution is 5.95. The lowest BCUT2D eigenvalue weighted by molar-refractivity contribution is -0.125. The van der Waals surface area contributed by atoms with E-state index in [1.165, 1.54) is 0 Å². The number of likely N-dealkylation sites (N-methyl/N-ethyl adjacent to an activating group) is 1. The van der Waals surface area contributed by atoms with E-state index in [1.54, 1.807) is 11.9 Å². The first-order valence-corrected chi connectivity index (χ1v) is 8.65. The zero-order chi connectivity index (χ0) is 18.3. The molecule has 0 fully saturated rings. The Balaban J connectivity index is 2.72. The number of anilines is 1. The maximum Gasteiger partial charge on any atom is 0.241 e. The van der Waals surface area contributed by atoms with Crippen LogP contribution in [0.3, 0.4) is 0 Å². The number of rotatable bonds is 8. The fourth-order valence-electron chi connectivity index (χ4n) is 2.43. The van der Waals surface area contributed by atoms with Gasteiger partial charge in [-0.25, -0.2) is 0 Å². The van der Waals surface area contributed by atoms with E-state index in [9.17, 15) is 9.59 Å². The molecule has 0 saturated heterocycles. The van der Waals surface area contributed by atoms with Crippen LogP contribution in [-0.2, 0) is 9.59 Å². The van der Waals surface area contributed by atoms with Crippen molar-refractivity contribution in [3.8, 4) is 0 Å². The molecular weight excluding hydrogens is 302 g/mol. The zero-order valence-electron chi connectivity index (χ0n) is 15.7. The normalized spacial score (nSPS) is 13.7. The summed E-state index contributed by atoms with van der Waals surface area (Å²) < 4.78 is 0. The second-order valence-electron chi connectivity index (χ2n) is 6.70. The number of hydrogen-bond acceptors (Lipinski definition) is 3. The van der Waals surface area contributed by atoms with Crippen molar-refractivity contribution in [2.45, 2.75) is 59.0 Å². The van der Waals surface area contributed by atoms with Crippen LogP contribution in [0.15, 0.2) is 24.3 Å². The largest absolute Gasteiger partial charge is 0.353 e. The molecule has 0 aliphatic heterocycles. The molecule has 134 valence electrons. The topological polar surface area (TPSA) is 61.4 Å². The van der Waals surface area contributed by atoms with E-state index < -0.39 is 6.04 Å². The van der Waals surface area contributed by atoms with Gasteiger partial charge in [0, 0.05) is 11.7 Å². The highest BCUT2D eigenvalue weighted by atomic mass is 16.2. The zero-order valence-corrected chi connectivity index (χ0v) is 15.7. The van der Waals surface area contributed by atoms with Crippen LogP contribution in [0.25, 0.3) is 0 Å². The Hall–Kier alpha value is -1.88. The van der Waals surface area contributed by atoms with Gasteiger partial charge < -0.3 is 10.6 Å². The molecular formula is C19H31N3O2. The van der Waals surface area contributed by atoms with Crippen molar-refractivity contribution in [3.05, 3.63) is 29.8 Å². The minimum atomic E-state index is -0.395. The summed E-state index contributed by atoms with van der Waals surface area (Å²) >= 11 is 0. The van der Waals surface area contributed by atoms with E-state index in [0.717, 1.165) is 17.7 Å². The number of benzene rings is 1. The molecule has 1 rings (SSSR count). The van der Waals surface area contributed by atoms with Gasteiger partial charge in [-0.1, -0.05) is 32.0 Å². The van der Waals surface area contributed by atoms with Crippen LogP contribution in [0.2, 0.25) is 0 Å². The van der Waals surface area contributed by atoms with Crippen LogP contribution in [0, 0.1) is 0 Å². The van der Waals surface area contributed by atoms with E-state index in [0.29, 0.717) is 5.92 Å². The third kappa shape index (κ3) is 5.96. The van der Waals surface area contributed by atoms with Crippen LogP contribution in [0.4, 0.5) is 5.69 Å². The first-order valence-electron chi connectivity index (χ1n) is 8.65. The van der Waals surface area contributed by atoms with Crippen LogP contribution >= 0.6 is 0 Å². The number of carbonyl (C=O) groups excluding carboxylic acids is 2. The Kier molecular flexibility index (Phi) is 7.92. The van der Waals surface area contributed by atoms with Crippen molar-refractivity contribution in [2.75, 3.05) is 18.9 Å². The summed E-state index contributed by atoms with van der Waals surface area (Å²) in [6.07, 6.45) is 1.01. The van der Waals surface area contributed by atoms with Crippen LogP contribution in [0.1, 0.15) is 52.5 Å². The summed E-state index contributed by atoms with van der Waals surface area (Å²) in [5, 5.41) is 5.84. The average molecular weight is 333 g/mol. The number of nitrogens with zero attached hydrogens (tertiary/aromatic N) is 1. The minimum Gasteiger partial charge on any atom is -0.353 e. The second-order valence-corrected chi connectivity index (χ2v) is 6.70. The first kappa shape index (κ1) is 20.2. The van der Waals surface area contributed by atoms with Gasteiger partial charge in [0.15, 0.2) is 0 Å². The maximum absolute atomic E-state index is 12.5. The summed E-state index contributed by atoms with van der Waals surface area (Å²) in [7, 11) is 1.78. The number of carbonyl (C=O) groups is 2. The van der Waals surface area contributed by atoms with Crippen molar-refractivity contribution in [2.24, 2.45) is 0 Å². The summed E-state index contributed by atoms with van der Waals surface area (Å²) in [5.41, 5.74) is 1.99. The Labute approximate surface area is 145 Å². The molecule has 2 amide bonds. The van der Waals surface area contributed by atoms with Gasteiger partial charge in [0.05, 0.1) is 12.6 Å². The van der Waals surface area contributed by atoms with Gasteiger partial charge in [0.2, 0.25) is 11.8 Å². The molecule has 0 aliphatic carbocycles. The molecule has 2 atom stereocenters. The summed E-state index contributed by atoms with van der Waals surface area (Å²) in [6.45, 7) is 10.1. The number of hydrogen-bond donors (Lipinski definition) is 2. The van der Waals surface area contributed by atoms with Gasteiger partial charge in [-0.3, -0.25) is 14.5 Å². The Morgan fingerprint density at radius 3 is 2.33 bits per heavy atom. The summed E-state index contributed by atoms with van der Waals surface area (Å²) in [5.74, 6) is 0.198. The molecule has 0 bridgehead atoms. The third-order valence-corrected chi connectivity index (χ3v) is 4.25. The average Bonchev–Trinajstić information content (AvgIpc) is 2.52. The standard InChI is InChI=1S/C19H31N3O2/c1-7-14(4)16-10-8-9-11-17(16)21-19(24)15(5)22(6)12-18(23)20-13(2)3/h8-11,13-15H,7,12H2,1-6H3,(H,20,23)(H,21,24)/t14-,15+/m1/s1. The molecule has 0 spiro atoms. The fraction of sp³-hybridized carbons (Fsp3) is 0.579. The van der Waals surface area contributed by atoms with Crippen molar-refractivity contribution in [1.29, 1.82) is 0 Å². The van der Waals surface area contributed by atoms with Gasteiger partial charge in [-0.05, 0) is 51.8 Å². The third-order valence-electron chi connectivity index (χ3n) is 4.25. The second kappa shape index (κ2) is 9.42. The van der Waals surface area contributed by atoms with Crippen LogP contribution < -0.4 is 10.6 Å². The number of nitrogens with one attached hydrogen (secondary N) is 2. The summed E-state index contributed by atoms with van der Waals surface area (Å²) in [6, 6.07) is 7.59. The van der Waals surface area contributed by atoms with Crippen molar-refractivity contribution < 1.29 is 9.59 Å². The Bertz CT molecular complexity index is 557. The fourth-order valence-corrected chi connectivity index (χ4v) is 2.43. The van der Waals surface area contributed by atoms with E-state index in [4.69, 9.17) is 0 Å². The molecule has 1 aromatic carbocycles. The Morgan fingerprint density at radius 1 is 1.12 bits per heavy atom. The van der Waals surface area contributed by atoms with Gasteiger partial charge in [-0.15, -0.1) is 0 Å². The smallest absolute Gasteiger partial charge is 0.241 e. The predicted molar refractivity (Wildman–Crippen MR) is 99.1 cm³/mol. The molecule has 0 unspecified atom stereocenters. The van der Waals surface area contributed by atoms with Gasteiger partial charge in [0.1, 0.15) is 0 Å². The van der Waals surface area contributed by atoms with E-state index in [1.807, 2.05) is 45.0 Å². The maximum atomic E-state index is 12.5. The van der Waals surface area contributed by atoms with Gasteiger partial charge in [0.25, 0.3) is 0 Å². The molecule has 0 aromatic heterocycles. The molecule has 0 aliphatic rings. The van der Waals surface area contributed by atoms with Crippen molar-refractivity contribution in [3.63, 3.8) is 0 Å². The molecule has 0 heterocycles. The van der Waals surface area contributed by atoms with E-state index >= 15 is 0 Å². The monoisotopic (exact) mass is 333 g/mol. The van der Waals surface area contributed by atoms with E-state index in [2.05, 4.69) is 24.5 Å². The Morgan fingerprint density at radius 2 is 1.75 bits per heavy atom.